The summed E-state index contributed by atoms with van der Waals surface area (Å²) in [6.07, 6.45) is 4.23. The van der Waals surface area contributed by atoms with E-state index >= 15 is 0 Å². The van der Waals surface area contributed by atoms with Crippen molar-refractivity contribution < 1.29 is 0 Å². The third-order valence-corrected chi connectivity index (χ3v) is 4.41. The van der Waals surface area contributed by atoms with Crippen molar-refractivity contribution in [1.29, 1.82) is 0 Å². The van der Waals surface area contributed by atoms with E-state index in [1.165, 1.54) is 19.3 Å². The van der Waals surface area contributed by atoms with Gasteiger partial charge < -0.3 is 0 Å². The van der Waals surface area contributed by atoms with Crippen molar-refractivity contribution in [1.82, 2.24) is 0 Å². The fourth-order valence-electron chi connectivity index (χ4n) is 2.01. The highest BCUT2D eigenvalue weighted by molar-refractivity contribution is 9.09. The van der Waals surface area contributed by atoms with Crippen LogP contribution in [0.15, 0.2) is 0 Å². The molecule has 3 atom stereocenters. The van der Waals surface area contributed by atoms with E-state index in [0.717, 1.165) is 22.6 Å². The predicted octanol–water partition coefficient (Wildman–Crippen LogP) is 3.84. The zero-order valence-electron chi connectivity index (χ0n) is 7.81. The SMILES string of the molecule is CC(C)C1CCC(Br)C(C)C1. The molecule has 0 radical (unpaired) electrons. The molecule has 1 fully saturated rings. The molecule has 66 valence electrons. The maximum atomic E-state index is 3.73. The van der Waals surface area contributed by atoms with Crippen molar-refractivity contribution in [3.63, 3.8) is 0 Å². The molecule has 0 N–H and O–H groups in total. The summed E-state index contributed by atoms with van der Waals surface area (Å²) in [5, 5.41) is 0. The van der Waals surface area contributed by atoms with Gasteiger partial charge in [-0.15, -0.1) is 0 Å². The Balaban J connectivity index is 2.40. The van der Waals surface area contributed by atoms with Crippen molar-refractivity contribution in [2.45, 2.75) is 44.9 Å². The number of halogens is 1. The Labute approximate surface area is 78.9 Å². The average molecular weight is 219 g/mol. The highest BCUT2D eigenvalue weighted by Crippen LogP contribution is 2.36. The first-order valence-electron chi connectivity index (χ1n) is 4.75. The maximum Gasteiger partial charge on any atom is 0.0171 e. The van der Waals surface area contributed by atoms with E-state index in [0.29, 0.717) is 0 Å². The van der Waals surface area contributed by atoms with Gasteiger partial charge in [-0.05, 0) is 37.0 Å². The van der Waals surface area contributed by atoms with Gasteiger partial charge in [0.15, 0.2) is 0 Å². The van der Waals surface area contributed by atoms with Gasteiger partial charge in [0.25, 0.3) is 0 Å². The Morgan fingerprint density at radius 3 is 2.36 bits per heavy atom. The lowest BCUT2D eigenvalue weighted by Crippen LogP contribution is -2.25. The van der Waals surface area contributed by atoms with Gasteiger partial charge in [-0.25, -0.2) is 0 Å². The molecular weight excluding hydrogens is 200 g/mol. The summed E-state index contributed by atoms with van der Waals surface area (Å²) in [7, 11) is 0. The van der Waals surface area contributed by atoms with Crippen molar-refractivity contribution in [3.05, 3.63) is 0 Å². The Hall–Kier alpha value is 0.480. The van der Waals surface area contributed by atoms with E-state index in [-0.39, 0.29) is 0 Å². The predicted molar refractivity (Wildman–Crippen MR) is 54.1 cm³/mol. The minimum Gasteiger partial charge on any atom is -0.0888 e. The molecule has 0 aliphatic heterocycles. The largest absolute Gasteiger partial charge is 0.0888 e. The van der Waals surface area contributed by atoms with Crippen LogP contribution in [0.5, 0.6) is 0 Å². The highest BCUT2D eigenvalue weighted by Gasteiger charge is 2.26. The van der Waals surface area contributed by atoms with Crippen molar-refractivity contribution in [3.8, 4) is 0 Å². The van der Waals surface area contributed by atoms with Gasteiger partial charge in [0.1, 0.15) is 0 Å². The van der Waals surface area contributed by atoms with Crippen molar-refractivity contribution in [2.24, 2.45) is 17.8 Å². The first kappa shape index (κ1) is 9.57. The van der Waals surface area contributed by atoms with Crippen LogP contribution >= 0.6 is 15.9 Å². The van der Waals surface area contributed by atoms with E-state index in [1.807, 2.05) is 0 Å². The quantitative estimate of drug-likeness (QED) is 0.588. The van der Waals surface area contributed by atoms with Crippen LogP contribution in [0.25, 0.3) is 0 Å². The molecule has 0 amide bonds. The molecule has 3 unspecified atom stereocenters. The first-order chi connectivity index (χ1) is 5.11. The highest BCUT2D eigenvalue weighted by atomic mass is 79.9. The van der Waals surface area contributed by atoms with Crippen molar-refractivity contribution >= 4 is 15.9 Å². The smallest absolute Gasteiger partial charge is 0.0171 e. The molecule has 1 saturated carbocycles. The number of hydrogen-bond acceptors (Lipinski definition) is 0. The zero-order chi connectivity index (χ0) is 8.43. The van der Waals surface area contributed by atoms with E-state index < -0.39 is 0 Å². The van der Waals surface area contributed by atoms with Gasteiger partial charge in [0.2, 0.25) is 0 Å². The second kappa shape index (κ2) is 3.93. The Kier molecular flexibility index (Phi) is 3.42. The minimum atomic E-state index is 0.789. The van der Waals surface area contributed by atoms with E-state index in [2.05, 4.69) is 36.7 Å². The topological polar surface area (TPSA) is 0 Å². The van der Waals surface area contributed by atoms with Crippen LogP contribution in [0.4, 0.5) is 0 Å². The summed E-state index contributed by atoms with van der Waals surface area (Å²) in [5.41, 5.74) is 0. The molecule has 0 aromatic carbocycles. The summed E-state index contributed by atoms with van der Waals surface area (Å²) >= 11 is 3.73. The average Bonchev–Trinajstić information content (AvgIpc) is 1.94. The number of alkyl halides is 1. The van der Waals surface area contributed by atoms with Gasteiger partial charge in [-0.2, -0.15) is 0 Å². The zero-order valence-corrected chi connectivity index (χ0v) is 9.39. The van der Waals surface area contributed by atoms with Gasteiger partial charge in [-0.1, -0.05) is 36.7 Å². The van der Waals surface area contributed by atoms with Crippen LogP contribution in [-0.2, 0) is 0 Å². The number of rotatable bonds is 1. The minimum absolute atomic E-state index is 0.789. The van der Waals surface area contributed by atoms with E-state index in [4.69, 9.17) is 0 Å². The van der Waals surface area contributed by atoms with E-state index in [9.17, 15) is 0 Å². The molecule has 1 heteroatoms. The summed E-state index contributed by atoms with van der Waals surface area (Å²) in [6.45, 7) is 7.08. The molecule has 0 aromatic heterocycles. The standard InChI is InChI=1S/C10H19Br/c1-7(2)9-4-5-10(11)8(3)6-9/h7-10H,4-6H2,1-3H3. The summed E-state index contributed by atoms with van der Waals surface area (Å²) in [6, 6.07) is 0. The first-order valence-corrected chi connectivity index (χ1v) is 5.67. The second-order valence-corrected chi connectivity index (χ2v) is 5.49. The fraction of sp³-hybridized carbons (Fsp3) is 1.00. The molecule has 0 aromatic rings. The van der Waals surface area contributed by atoms with Crippen LogP contribution in [0, 0.1) is 17.8 Å². The monoisotopic (exact) mass is 218 g/mol. The Morgan fingerprint density at radius 2 is 1.91 bits per heavy atom. The van der Waals surface area contributed by atoms with Gasteiger partial charge >= 0.3 is 0 Å². The molecule has 1 rings (SSSR count). The lowest BCUT2D eigenvalue weighted by molar-refractivity contribution is 0.235. The third kappa shape index (κ3) is 2.47. The van der Waals surface area contributed by atoms with Gasteiger partial charge in [0.05, 0.1) is 0 Å². The molecule has 11 heavy (non-hydrogen) atoms. The van der Waals surface area contributed by atoms with Crippen molar-refractivity contribution in [2.75, 3.05) is 0 Å². The normalized spacial score (nSPS) is 39.5. The fourth-order valence-corrected chi connectivity index (χ4v) is 2.49. The molecule has 0 bridgehead atoms. The Morgan fingerprint density at radius 1 is 1.27 bits per heavy atom. The third-order valence-electron chi connectivity index (χ3n) is 3.05. The molecule has 0 nitrogen and oxygen atoms in total. The second-order valence-electron chi connectivity index (χ2n) is 4.31. The molecule has 0 saturated heterocycles. The van der Waals surface area contributed by atoms with E-state index in [1.54, 1.807) is 0 Å². The number of hydrogen-bond donors (Lipinski definition) is 0. The van der Waals surface area contributed by atoms with Crippen LogP contribution in [-0.4, -0.2) is 4.83 Å². The van der Waals surface area contributed by atoms with Crippen LogP contribution in [0.1, 0.15) is 40.0 Å². The summed E-state index contributed by atoms with van der Waals surface area (Å²) in [5.74, 6) is 2.76. The van der Waals surface area contributed by atoms with Crippen LogP contribution in [0.2, 0.25) is 0 Å². The lowest BCUT2D eigenvalue weighted by atomic mass is 9.77. The molecule has 0 spiro atoms. The Bertz CT molecular complexity index is 120. The van der Waals surface area contributed by atoms with Gasteiger partial charge in [0, 0.05) is 4.83 Å². The lowest BCUT2D eigenvalue weighted by Gasteiger charge is -2.33. The molecular formula is C10H19Br. The molecule has 1 aliphatic carbocycles. The van der Waals surface area contributed by atoms with Crippen LogP contribution < -0.4 is 0 Å². The van der Waals surface area contributed by atoms with Crippen LogP contribution in [0.3, 0.4) is 0 Å². The molecule has 1 aliphatic rings. The summed E-state index contributed by atoms with van der Waals surface area (Å²) in [4.78, 5) is 0.789. The maximum absolute atomic E-state index is 3.73. The summed E-state index contributed by atoms with van der Waals surface area (Å²) < 4.78 is 0. The molecule has 0 heterocycles. The van der Waals surface area contributed by atoms with Gasteiger partial charge in [-0.3, -0.25) is 0 Å².